The molecule has 0 aliphatic heterocycles. The van der Waals surface area contributed by atoms with Crippen LogP contribution >= 0.6 is 0 Å². The zero-order valence-corrected chi connectivity index (χ0v) is 13.1. The van der Waals surface area contributed by atoms with Crippen molar-refractivity contribution in [3.63, 3.8) is 0 Å². The maximum atomic E-state index is 5.54. The van der Waals surface area contributed by atoms with Gasteiger partial charge in [-0.15, -0.1) is 0 Å². The minimum Gasteiger partial charge on any atom is -0.496 e. The van der Waals surface area contributed by atoms with Gasteiger partial charge < -0.3 is 10.1 Å². The van der Waals surface area contributed by atoms with Gasteiger partial charge in [-0.3, -0.25) is 4.98 Å². The molecule has 3 nitrogen and oxygen atoms in total. The minimum absolute atomic E-state index is 0.298. The quantitative estimate of drug-likeness (QED) is 0.783. The number of hydrogen-bond acceptors (Lipinski definition) is 3. The topological polar surface area (TPSA) is 34.1 Å². The second-order valence-electron chi connectivity index (χ2n) is 5.38. The van der Waals surface area contributed by atoms with Crippen LogP contribution < -0.4 is 10.1 Å². The zero-order valence-electron chi connectivity index (χ0n) is 13.1. The average Bonchev–Trinajstić information content (AvgIpc) is 2.60. The van der Waals surface area contributed by atoms with Crippen LogP contribution in [0.3, 0.4) is 0 Å². The molecule has 0 aliphatic carbocycles. The summed E-state index contributed by atoms with van der Waals surface area (Å²) >= 11 is 0. The van der Waals surface area contributed by atoms with E-state index in [-0.39, 0.29) is 0 Å². The fourth-order valence-electron chi connectivity index (χ4n) is 2.63. The molecule has 1 heterocycles. The normalized spacial score (nSPS) is 12.3. The Morgan fingerprint density at radius 1 is 1.09 bits per heavy atom. The summed E-state index contributed by atoms with van der Waals surface area (Å²) < 4.78 is 5.54. The lowest BCUT2D eigenvalue weighted by Gasteiger charge is -2.15. The molecule has 112 valence electrons. The smallest absolute Gasteiger partial charge is 0.126 e. The van der Waals surface area contributed by atoms with Crippen LogP contribution in [-0.4, -0.2) is 19.1 Å². The number of hydrogen-bond donors (Lipinski definition) is 1. The van der Waals surface area contributed by atoms with Crippen molar-refractivity contribution >= 4 is 10.9 Å². The largest absolute Gasteiger partial charge is 0.496 e. The number of rotatable bonds is 4. The van der Waals surface area contributed by atoms with Crippen molar-refractivity contribution < 1.29 is 4.74 Å². The lowest BCUT2D eigenvalue weighted by atomic mass is 9.98. The lowest BCUT2D eigenvalue weighted by molar-refractivity contribution is 0.416. The molecule has 3 aromatic rings. The number of pyridine rings is 1. The molecule has 0 bridgehead atoms. The summed E-state index contributed by atoms with van der Waals surface area (Å²) in [6.45, 7) is 2.15. The van der Waals surface area contributed by atoms with Crippen molar-refractivity contribution in [2.45, 2.75) is 13.0 Å². The van der Waals surface area contributed by atoms with Crippen LogP contribution in [0.15, 0.2) is 54.7 Å². The Morgan fingerprint density at radius 2 is 1.95 bits per heavy atom. The van der Waals surface area contributed by atoms with Crippen molar-refractivity contribution in [3.8, 4) is 16.9 Å². The molecular weight excluding hydrogens is 272 g/mol. The number of fused-ring (bicyclic) bond motifs is 1. The first-order valence-electron chi connectivity index (χ1n) is 7.43. The molecule has 0 spiro atoms. The molecule has 22 heavy (non-hydrogen) atoms. The standard InChI is InChI=1S/C19H20N2O/c1-13(20-2)14-7-9-19(22-3)17(12-14)15-6-8-18-16(11-15)5-4-10-21-18/h4-13,20H,1-3H3. The summed E-state index contributed by atoms with van der Waals surface area (Å²) in [7, 11) is 3.68. The highest BCUT2D eigenvalue weighted by Crippen LogP contribution is 2.33. The highest BCUT2D eigenvalue weighted by molar-refractivity contribution is 5.85. The van der Waals surface area contributed by atoms with E-state index in [0.717, 1.165) is 27.8 Å². The molecule has 1 atom stereocenters. The molecule has 0 saturated heterocycles. The Labute approximate surface area is 131 Å². The van der Waals surface area contributed by atoms with Gasteiger partial charge in [0, 0.05) is 23.2 Å². The Hall–Kier alpha value is -2.39. The average molecular weight is 292 g/mol. The summed E-state index contributed by atoms with van der Waals surface area (Å²) in [5, 5.41) is 4.41. The molecule has 3 heteroatoms. The molecule has 0 radical (unpaired) electrons. The molecule has 0 saturated carbocycles. The molecule has 0 fully saturated rings. The van der Waals surface area contributed by atoms with Crippen LogP contribution in [0.25, 0.3) is 22.0 Å². The first-order valence-corrected chi connectivity index (χ1v) is 7.43. The molecule has 1 aromatic heterocycles. The summed E-state index contributed by atoms with van der Waals surface area (Å²) in [6, 6.07) is 17.0. The van der Waals surface area contributed by atoms with Crippen LogP contribution in [0.5, 0.6) is 5.75 Å². The van der Waals surface area contributed by atoms with Gasteiger partial charge >= 0.3 is 0 Å². The summed E-state index contributed by atoms with van der Waals surface area (Å²) in [6.07, 6.45) is 1.82. The molecule has 0 aliphatic rings. The van der Waals surface area contributed by atoms with Gasteiger partial charge in [-0.25, -0.2) is 0 Å². The van der Waals surface area contributed by atoms with Crippen LogP contribution in [0.4, 0.5) is 0 Å². The number of nitrogens with one attached hydrogen (secondary N) is 1. The fraction of sp³-hybridized carbons (Fsp3) is 0.211. The van der Waals surface area contributed by atoms with Crippen molar-refractivity contribution in [3.05, 3.63) is 60.3 Å². The number of aromatic nitrogens is 1. The predicted octanol–water partition coefficient (Wildman–Crippen LogP) is 4.19. The Morgan fingerprint density at radius 3 is 2.73 bits per heavy atom. The molecule has 3 rings (SSSR count). The van der Waals surface area contributed by atoms with Crippen LogP contribution in [0, 0.1) is 0 Å². The highest BCUT2D eigenvalue weighted by atomic mass is 16.5. The summed E-state index contributed by atoms with van der Waals surface area (Å²) in [5.74, 6) is 0.885. The number of ether oxygens (including phenoxy) is 1. The monoisotopic (exact) mass is 292 g/mol. The van der Waals surface area contributed by atoms with E-state index in [2.05, 4.69) is 53.6 Å². The Kier molecular flexibility index (Phi) is 4.07. The molecule has 0 amide bonds. The van der Waals surface area contributed by atoms with Gasteiger partial charge in [-0.2, -0.15) is 0 Å². The van der Waals surface area contributed by atoms with Gasteiger partial charge in [0.2, 0.25) is 0 Å². The first kappa shape index (κ1) is 14.5. The van der Waals surface area contributed by atoms with Gasteiger partial charge in [-0.05, 0) is 55.4 Å². The maximum absolute atomic E-state index is 5.54. The van der Waals surface area contributed by atoms with Crippen LogP contribution in [0.1, 0.15) is 18.5 Å². The summed E-state index contributed by atoms with van der Waals surface area (Å²) in [4.78, 5) is 4.38. The van der Waals surface area contributed by atoms with E-state index < -0.39 is 0 Å². The van der Waals surface area contributed by atoms with Gasteiger partial charge in [0.25, 0.3) is 0 Å². The van der Waals surface area contributed by atoms with E-state index >= 15 is 0 Å². The van der Waals surface area contributed by atoms with Gasteiger partial charge in [0.15, 0.2) is 0 Å². The Bertz CT molecular complexity index is 798. The predicted molar refractivity (Wildman–Crippen MR) is 91.2 cm³/mol. The second-order valence-corrected chi connectivity index (χ2v) is 5.38. The van der Waals surface area contributed by atoms with Crippen LogP contribution in [0.2, 0.25) is 0 Å². The third-order valence-electron chi connectivity index (χ3n) is 4.07. The molecule has 1 unspecified atom stereocenters. The van der Waals surface area contributed by atoms with E-state index in [1.807, 2.05) is 25.4 Å². The zero-order chi connectivity index (χ0) is 15.5. The fourth-order valence-corrected chi connectivity index (χ4v) is 2.63. The van der Waals surface area contributed by atoms with Crippen molar-refractivity contribution in [1.82, 2.24) is 10.3 Å². The van der Waals surface area contributed by atoms with Gasteiger partial charge in [-0.1, -0.05) is 18.2 Å². The van der Waals surface area contributed by atoms with Crippen molar-refractivity contribution in [2.75, 3.05) is 14.2 Å². The van der Waals surface area contributed by atoms with Gasteiger partial charge in [0.05, 0.1) is 12.6 Å². The first-order chi connectivity index (χ1) is 10.7. The van der Waals surface area contributed by atoms with Crippen molar-refractivity contribution in [1.29, 1.82) is 0 Å². The molecular formula is C19H20N2O. The lowest BCUT2D eigenvalue weighted by Crippen LogP contribution is -2.12. The highest BCUT2D eigenvalue weighted by Gasteiger charge is 2.11. The minimum atomic E-state index is 0.298. The number of nitrogens with zero attached hydrogens (tertiary/aromatic N) is 1. The van der Waals surface area contributed by atoms with Crippen LogP contribution in [-0.2, 0) is 0 Å². The number of methoxy groups -OCH3 is 1. The van der Waals surface area contributed by atoms with E-state index in [0.29, 0.717) is 6.04 Å². The second kappa shape index (κ2) is 6.16. The van der Waals surface area contributed by atoms with Gasteiger partial charge in [0.1, 0.15) is 5.75 Å². The summed E-state index contributed by atoms with van der Waals surface area (Å²) in [5.41, 5.74) is 4.49. The Balaban J connectivity index is 2.14. The van der Waals surface area contributed by atoms with E-state index in [1.54, 1.807) is 7.11 Å². The van der Waals surface area contributed by atoms with E-state index in [9.17, 15) is 0 Å². The number of benzene rings is 2. The van der Waals surface area contributed by atoms with Crippen molar-refractivity contribution in [2.24, 2.45) is 0 Å². The third-order valence-corrected chi connectivity index (χ3v) is 4.07. The molecule has 1 N–H and O–H groups in total. The third kappa shape index (κ3) is 2.68. The maximum Gasteiger partial charge on any atom is 0.126 e. The van der Waals surface area contributed by atoms with E-state index in [1.165, 1.54) is 5.56 Å². The SMILES string of the molecule is CNC(C)c1ccc(OC)c(-c2ccc3ncccc3c2)c1. The van der Waals surface area contributed by atoms with E-state index in [4.69, 9.17) is 4.74 Å². The molecule has 2 aromatic carbocycles.